The largest absolute Gasteiger partial charge is 0.486 e. The summed E-state index contributed by atoms with van der Waals surface area (Å²) in [5, 5.41) is 0. The molecule has 16 heavy (non-hydrogen) atoms. The molecule has 1 aromatic carbocycles. The maximum atomic E-state index is 12.4. The highest BCUT2D eigenvalue weighted by Gasteiger charge is 2.17. The molecule has 1 heterocycles. The average Bonchev–Trinajstić information content (AvgIpc) is 2.25. The second-order valence-electron chi connectivity index (χ2n) is 3.43. The molecule has 2 rings (SSSR count). The van der Waals surface area contributed by atoms with Crippen LogP contribution in [0, 0.1) is 0 Å². The average molecular weight is 246 g/mol. The Morgan fingerprint density at radius 1 is 1.25 bits per heavy atom. The first-order valence-electron chi connectivity index (χ1n) is 4.86. The molecule has 1 aromatic rings. The maximum Gasteiger partial charge on any atom is 0.302 e. The van der Waals surface area contributed by atoms with Gasteiger partial charge in [-0.2, -0.15) is 8.42 Å². The van der Waals surface area contributed by atoms with Crippen molar-refractivity contribution in [3.8, 4) is 11.5 Å². The van der Waals surface area contributed by atoms with Gasteiger partial charge in [-0.15, -0.1) is 3.89 Å². The molecule has 0 unspecified atom stereocenters. The first-order valence-corrected chi connectivity index (χ1v) is 6.41. The van der Waals surface area contributed by atoms with Crippen LogP contribution in [0.4, 0.5) is 3.89 Å². The molecule has 0 fully saturated rings. The van der Waals surface area contributed by atoms with Gasteiger partial charge in [-0.25, -0.2) is 0 Å². The molecule has 0 bridgehead atoms. The van der Waals surface area contributed by atoms with Gasteiger partial charge in [0, 0.05) is 0 Å². The van der Waals surface area contributed by atoms with Crippen LogP contribution in [-0.2, 0) is 16.6 Å². The third kappa shape index (κ3) is 2.63. The molecule has 1 aliphatic rings. The Labute approximate surface area is 93.2 Å². The van der Waals surface area contributed by atoms with Gasteiger partial charge in [0.1, 0.15) is 13.2 Å². The van der Waals surface area contributed by atoms with Crippen molar-refractivity contribution in [1.29, 1.82) is 0 Å². The molecule has 0 saturated heterocycles. The second-order valence-corrected chi connectivity index (χ2v) is 4.92. The summed E-state index contributed by atoms with van der Waals surface area (Å²) < 4.78 is 44.0. The van der Waals surface area contributed by atoms with Crippen LogP contribution in [0.3, 0.4) is 0 Å². The minimum atomic E-state index is -4.45. The first kappa shape index (κ1) is 11.2. The fourth-order valence-electron chi connectivity index (χ4n) is 1.56. The molecule has 4 nitrogen and oxygen atoms in total. The molecule has 88 valence electrons. The summed E-state index contributed by atoms with van der Waals surface area (Å²) in [6, 6.07) is 5.17. The topological polar surface area (TPSA) is 52.6 Å². The van der Waals surface area contributed by atoms with Crippen molar-refractivity contribution in [2.75, 3.05) is 19.0 Å². The Kier molecular flexibility index (Phi) is 3.00. The Morgan fingerprint density at radius 3 is 2.75 bits per heavy atom. The third-order valence-electron chi connectivity index (χ3n) is 2.26. The van der Waals surface area contributed by atoms with E-state index in [0.29, 0.717) is 30.3 Å². The van der Waals surface area contributed by atoms with Crippen LogP contribution in [0.25, 0.3) is 0 Å². The summed E-state index contributed by atoms with van der Waals surface area (Å²) in [7, 11) is -4.45. The van der Waals surface area contributed by atoms with Crippen LogP contribution < -0.4 is 9.47 Å². The molecule has 1 aliphatic heterocycles. The van der Waals surface area contributed by atoms with Gasteiger partial charge < -0.3 is 9.47 Å². The standard InChI is InChI=1S/C10H11FO4S/c11-16(12,13)7-4-8-2-1-3-9-10(8)15-6-5-14-9/h1-3H,4-7H2. The second kappa shape index (κ2) is 4.29. The normalized spacial score (nSPS) is 14.8. The van der Waals surface area contributed by atoms with Crippen molar-refractivity contribution in [2.45, 2.75) is 6.42 Å². The third-order valence-corrected chi connectivity index (χ3v) is 2.95. The minimum absolute atomic E-state index is 0.0887. The summed E-state index contributed by atoms with van der Waals surface area (Å²) in [5.41, 5.74) is 0.651. The molecular weight excluding hydrogens is 235 g/mol. The molecule has 0 saturated carbocycles. The summed E-state index contributed by atoms with van der Waals surface area (Å²) in [6.45, 7) is 0.893. The SMILES string of the molecule is O=S(=O)(F)CCc1cccc2c1OCCO2. The number of hydrogen-bond donors (Lipinski definition) is 0. The fourth-order valence-corrected chi connectivity index (χ4v) is 2.03. The lowest BCUT2D eigenvalue weighted by molar-refractivity contribution is 0.170. The van der Waals surface area contributed by atoms with E-state index in [4.69, 9.17) is 9.47 Å². The van der Waals surface area contributed by atoms with Crippen LogP contribution >= 0.6 is 0 Å². The minimum Gasteiger partial charge on any atom is -0.486 e. The quantitative estimate of drug-likeness (QED) is 0.754. The monoisotopic (exact) mass is 246 g/mol. The molecular formula is C10H11FO4S. The van der Waals surface area contributed by atoms with Gasteiger partial charge in [-0.1, -0.05) is 12.1 Å². The van der Waals surface area contributed by atoms with Crippen molar-refractivity contribution in [3.05, 3.63) is 23.8 Å². The van der Waals surface area contributed by atoms with E-state index in [-0.39, 0.29) is 6.42 Å². The molecule has 0 N–H and O–H groups in total. The Balaban J connectivity index is 2.21. The van der Waals surface area contributed by atoms with E-state index in [0.717, 1.165) is 0 Å². The Bertz CT molecular complexity index is 484. The number of rotatable bonds is 3. The van der Waals surface area contributed by atoms with Crippen LogP contribution in [-0.4, -0.2) is 27.4 Å². The van der Waals surface area contributed by atoms with Crippen LogP contribution in [0.1, 0.15) is 5.56 Å². The van der Waals surface area contributed by atoms with Crippen molar-refractivity contribution in [1.82, 2.24) is 0 Å². The highest BCUT2D eigenvalue weighted by atomic mass is 32.3. The zero-order chi connectivity index (χ0) is 11.6. The Morgan fingerprint density at radius 2 is 2.00 bits per heavy atom. The van der Waals surface area contributed by atoms with Gasteiger partial charge in [0.05, 0.1) is 5.75 Å². The van der Waals surface area contributed by atoms with E-state index >= 15 is 0 Å². The highest BCUT2D eigenvalue weighted by Crippen LogP contribution is 2.33. The highest BCUT2D eigenvalue weighted by molar-refractivity contribution is 7.86. The lowest BCUT2D eigenvalue weighted by Crippen LogP contribution is -2.17. The summed E-state index contributed by atoms with van der Waals surface area (Å²) >= 11 is 0. The summed E-state index contributed by atoms with van der Waals surface area (Å²) in [6.07, 6.45) is 0.0887. The number of ether oxygens (including phenoxy) is 2. The van der Waals surface area contributed by atoms with E-state index in [1.807, 2.05) is 0 Å². The van der Waals surface area contributed by atoms with Crippen LogP contribution in [0.15, 0.2) is 18.2 Å². The molecule has 0 atom stereocenters. The predicted octanol–water partition coefficient (Wildman–Crippen LogP) is 1.30. The Hall–Kier alpha value is -1.30. The summed E-state index contributed by atoms with van der Waals surface area (Å²) in [4.78, 5) is 0. The smallest absolute Gasteiger partial charge is 0.302 e. The van der Waals surface area contributed by atoms with Gasteiger partial charge in [-0.05, 0) is 18.1 Å². The first-order chi connectivity index (χ1) is 7.56. The fraction of sp³-hybridized carbons (Fsp3) is 0.400. The van der Waals surface area contributed by atoms with E-state index in [2.05, 4.69) is 0 Å². The molecule has 0 aromatic heterocycles. The van der Waals surface area contributed by atoms with Gasteiger partial charge in [0.15, 0.2) is 11.5 Å². The summed E-state index contributed by atoms with van der Waals surface area (Å²) in [5.74, 6) is 0.574. The van der Waals surface area contributed by atoms with Gasteiger partial charge >= 0.3 is 10.2 Å². The zero-order valence-corrected chi connectivity index (χ0v) is 9.30. The van der Waals surface area contributed by atoms with Crippen molar-refractivity contribution >= 4 is 10.2 Å². The predicted molar refractivity (Wildman–Crippen MR) is 56.0 cm³/mol. The number of fused-ring (bicyclic) bond motifs is 1. The zero-order valence-electron chi connectivity index (χ0n) is 8.48. The number of benzene rings is 1. The van der Waals surface area contributed by atoms with Crippen LogP contribution in [0.2, 0.25) is 0 Å². The molecule has 6 heteroatoms. The molecule has 0 amide bonds. The number of hydrogen-bond acceptors (Lipinski definition) is 4. The lowest BCUT2D eigenvalue weighted by atomic mass is 10.1. The maximum absolute atomic E-state index is 12.4. The van der Waals surface area contributed by atoms with E-state index in [9.17, 15) is 12.3 Å². The van der Waals surface area contributed by atoms with Gasteiger partial charge in [0.25, 0.3) is 0 Å². The van der Waals surface area contributed by atoms with E-state index < -0.39 is 16.0 Å². The number of halogens is 1. The molecule has 0 radical (unpaired) electrons. The van der Waals surface area contributed by atoms with Gasteiger partial charge in [-0.3, -0.25) is 0 Å². The van der Waals surface area contributed by atoms with Gasteiger partial charge in [0.2, 0.25) is 0 Å². The lowest BCUT2D eigenvalue weighted by Gasteiger charge is -2.20. The van der Waals surface area contributed by atoms with Crippen molar-refractivity contribution < 1.29 is 21.8 Å². The van der Waals surface area contributed by atoms with Crippen LogP contribution in [0.5, 0.6) is 11.5 Å². The van der Waals surface area contributed by atoms with E-state index in [1.165, 1.54) is 0 Å². The van der Waals surface area contributed by atoms with Crippen molar-refractivity contribution in [3.63, 3.8) is 0 Å². The number of aryl methyl sites for hydroxylation is 1. The molecule has 0 spiro atoms. The van der Waals surface area contributed by atoms with E-state index in [1.54, 1.807) is 18.2 Å². The molecule has 0 aliphatic carbocycles. The number of para-hydroxylation sites is 1. The van der Waals surface area contributed by atoms with Crippen molar-refractivity contribution in [2.24, 2.45) is 0 Å².